The molecular weight excluding hydrogens is 368 g/mol. The lowest BCUT2D eigenvalue weighted by Crippen LogP contribution is -1.98. The first-order valence-electron chi connectivity index (χ1n) is 6.40. The van der Waals surface area contributed by atoms with E-state index in [0.29, 0.717) is 5.15 Å². The number of anilines is 1. The van der Waals surface area contributed by atoms with Crippen molar-refractivity contribution in [3.8, 4) is 11.1 Å². The van der Waals surface area contributed by atoms with Gasteiger partial charge in [0.25, 0.3) is 0 Å². The zero-order valence-corrected chi connectivity index (χ0v) is 14.2. The third-order valence-electron chi connectivity index (χ3n) is 3.02. The summed E-state index contributed by atoms with van der Waals surface area (Å²) in [6.07, 6.45) is 1.73. The molecular formula is C16H12BrClN2S. The van der Waals surface area contributed by atoms with E-state index in [9.17, 15) is 0 Å². The van der Waals surface area contributed by atoms with Gasteiger partial charge in [-0.2, -0.15) is 0 Å². The van der Waals surface area contributed by atoms with Crippen LogP contribution in [0.25, 0.3) is 11.1 Å². The van der Waals surface area contributed by atoms with E-state index in [2.05, 4.69) is 61.9 Å². The van der Waals surface area contributed by atoms with Crippen molar-refractivity contribution in [1.29, 1.82) is 0 Å². The van der Waals surface area contributed by atoms with Crippen molar-refractivity contribution in [1.82, 2.24) is 4.98 Å². The Morgan fingerprint density at radius 3 is 2.71 bits per heavy atom. The van der Waals surface area contributed by atoms with Gasteiger partial charge in [-0.05, 0) is 44.6 Å². The normalized spacial score (nSPS) is 10.6. The minimum Gasteiger partial charge on any atom is -0.379 e. The monoisotopic (exact) mass is 378 g/mol. The zero-order chi connectivity index (χ0) is 14.7. The Kier molecular flexibility index (Phi) is 4.58. The molecule has 0 unspecified atom stereocenters. The number of pyridine rings is 1. The molecule has 21 heavy (non-hydrogen) atoms. The number of nitrogens with zero attached hydrogens (tertiary/aromatic N) is 1. The molecule has 2 aromatic heterocycles. The molecule has 0 atom stereocenters. The Labute approximate surface area is 140 Å². The maximum Gasteiger partial charge on any atom is 0.143 e. The van der Waals surface area contributed by atoms with E-state index in [4.69, 9.17) is 11.6 Å². The van der Waals surface area contributed by atoms with Gasteiger partial charge in [0.05, 0.1) is 16.4 Å². The van der Waals surface area contributed by atoms with Crippen LogP contribution in [0.3, 0.4) is 0 Å². The molecule has 0 bridgehead atoms. The molecule has 0 aliphatic carbocycles. The number of aromatic nitrogens is 1. The second kappa shape index (κ2) is 6.60. The fourth-order valence-corrected chi connectivity index (χ4v) is 3.25. The molecule has 0 saturated heterocycles. The number of halogens is 2. The second-order valence-electron chi connectivity index (χ2n) is 4.52. The molecule has 0 radical (unpaired) electrons. The molecule has 1 N–H and O–H groups in total. The predicted octanol–water partition coefficient (Wildman–Crippen LogP) is 5.84. The summed E-state index contributed by atoms with van der Waals surface area (Å²) >= 11 is 11.0. The molecule has 0 aliphatic rings. The van der Waals surface area contributed by atoms with Gasteiger partial charge in [-0.3, -0.25) is 0 Å². The third kappa shape index (κ3) is 3.64. The number of rotatable bonds is 4. The van der Waals surface area contributed by atoms with Gasteiger partial charge in [0.2, 0.25) is 0 Å². The summed E-state index contributed by atoms with van der Waals surface area (Å²) < 4.78 is 0.797. The van der Waals surface area contributed by atoms with Crippen LogP contribution >= 0.6 is 38.9 Å². The maximum atomic E-state index is 5.89. The van der Waals surface area contributed by atoms with Gasteiger partial charge in [0.1, 0.15) is 5.15 Å². The quantitative estimate of drug-likeness (QED) is 0.576. The number of hydrogen-bond donors (Lipinski definition) is 1. The molecule has 5 heteroatoms. The number of nitrogens with one attached hydrogen (secondary N) is 1. The highest BCUT2D eigenvalue weighted by atomic mass is 79.9. The highest BCUT2D eigenvalue weighted by Gasteiger charge is 2.04. The molecule has 0 saturated carbocycles. The van der Waals surface area contributed by atoms with Crippen molar-refractivity contribution in [2.75, 3.05) is 5.32 Å². The van der Waals surface area contributed by atoms with Gasteiger partial charge in [-0.25, -0.2) is 4.98 Å². The van der Waals surface area contributed by atoms with Crippen LogP contribution in [0.1, 0.15) is 4.88 Å². The number of hydrogen-bond acceptors (Lipinski definition) is 3. The molecule has 0 fully saturated rings. The van der Waals surface area contributed by atoms with Crippen LogP contribution in [-0.2, 0) is 6.54 Å². The standard InChI is InChI=1S/C16H12BrClN2S/c17-15-7-13(8-20-16(15)18)19-9-14-6-12(10-21-14)11-4-2-1-3-5-11/h1-8,10,19H,9H2. The lowest BCUT2D eigenvalue weighted by molar-refractivity contribution is 1.17. The van der Waals surface area contributed by atoms with Gasteiger partial charge in [-0.15, -0.1) is 11.3 Å². The van der Waals surface area contributed by atoms with Crippen molar-refractivity contribution < 1.29 is 0 Å². The summed E-state index contributed by atoms with van der Waals surface area (Å²) in [6, 6.07) is 14.5. The maximum absolute atomic E-state index is 5.89. The number of thiophene rings is 1. The van der Waals surface area contributed by atoms with Gasteiger partial charge in [-0.1, -0.05) is 41.9 Å². The fraction of sp³-hybridized carbons (Fsp3) is 0.0625. The van der Waals surface area contributed by atoms with Gasteiger partial charge in [0, 0.05) is 11.4 Å². The Morgan fingerprint density at radius 1 is 1.14 bits per heavy atom. The van der Waals surface area contributed by atoms with E-state index in [1.165, 1.54) is 16.0 Å². The van der Waals surface area contributed by atoms with Crippen molar-refractivity contribution in [2.45, 2.75) is 6.54 Å². The highest BCUT2D eigenvalue weighted by Crippen LogP contribution is 2.27. The van der Waals surface area contributed by atoms with Crippen molar-refractivity contribution >= 4 is 44.6 Å². The van der Waals surface area contributed by atoms with Crippen LogP contribution in [0.15, 0.2) is 58.5 Å². The smallest absolute Gasteiger partial charge is 0.143 e. The highest BCUT2D eigenvalue weighted by molar-refractivity contribution is 9.10. The van der Waals surface area contributed by atoms with Gasteiger partial charge >= 0.3 is 0 Å². The Balaban J connectivity index is 1.69. The minimum atomic E-state index is 0.475. The first kappa shape index (κ1) is 14.6. The van der Waals surface area contributed by atoms with E-state index in [1.807, 2.05) is 12.1 Å². The van der Waals surface area contributed by atoms with Crippen molar-refractivity contribution in [3.63, 3.8) is 0 Å². The summed E-state index contributed by atoms with van der Waals surface area (Å²) in [4.78, 5) is 5.38. The van der Waals surface area contributed by atoms with Crippen molar-refractivity contribution in [3.05, 3.63) is 68.5 Å². The van der Waals surface area contributed by atoms with E-state index in [0.717, 1.165) is 16.7 Å². The summed E-state index contributed by atoms with van der Waals surface area (Å²) in [5.74, 6) is 0. The van der Waals surface area contributed by atoms with Crippen LogP contribution in [-0.4, -0.2) is 4.98 Å². The lowest BCUT2D eigenvalue weighted by Gasteiger charge is -2.05. The van der Waals surface area contributed by atoms with E-state index in [-0.39, 0.29) is 0 Å². The first-order valence-corrected chi connectivity index (χ1v) is 8.45. The molecule has 1 aromatic carbocycles. The molecule has 0 amide bonds. The van der Waals surface area contributed by atoms with E-state index < -0.39 is 0 Å². The van der Waals surface area contributed by atoms with Crippen LogP contribution in [0.2, 0.25) is 5.15 Å². The average molecular weight is 380 g/mol. The Hall–Kier alpha value is -1.36. The summed E-state index contributed by atoms with van der Waals surface area (Å²) in [5.41, 5.74) is 3.45. The van der Waals surface area contributed by atoms with Crippen LogP contribution in [0.4, 0.5) is 5.69 Å². The van der Waals surface area contributed by atoms with Gasteiger partial charge < -0.3 is 5.32 Å². The summed E-state index contributed by atoms with van der Waals surface area (Å²) in [6.45, 7) is 0.771. The molecule has 3 rings (SSSR count). The number of benzene rings is 1. The van der Waals surface area contributed by atoms with Crippen LogP contribution in [0, 0.1) is 0 Å². The van der Waals surface area contributed by atoms with E-state index in [1.54, 1.807) is 17.5 Å². The molecule has 3 aromatic rings. The fourth-order valence-electron chi connectivity index (χ4n) is 1.96. The minimum absolute atomic E-state index is 0.475. The largest absolute Gasteiger partial charge is 0.379 e. The predicted molar refractivity (Wildman–Crippen MR) is 94.0 cm³/mol. The Bertz CT molecular complexity index is 743. The third-order valence-corrected chi connectivity index (χ3v) is 5.09. The van der Waals surface area contributed by atoms with Crippen LogP contribution in [0.5, 0.6) is 0 Å². The average Bonchev–Trinajstić information content (AvgIpc) is 2.98. The Morgan fingerprint density at radius 2 is 1.95 bits per heavy atom. The first-order chi connectivity index (χ1) is 10.2. The molecule has 0 spiro atoms. The summed E-state index contributed by atoms with van der Waals surface area (Å²) in [5, 5.41) is 6.01. The molecule has 0 aliphatic heterocycles. The molecule has 106 valence electrons. The van der Waals surface area contributed by atoms with Crippen molar-refractivity contribution in [2.24, 2.45) is 0 Å². The lowest BCUT2D eigenvalue weighted by atomic mass is 10.1. The topological polar surface area (TPSA) is 24.9 Å². The molecule has 2 heterocycles. The SMILES string of the molecule is Clc1ncc(NCc2cc(-c3ccccc3)cs2)cc1Br. The molecule has 2 nitrogen and oxygen atoms in total. The van der Waals surface area contributed by atoms with E-state index >= 15 is 0 Å². The zero-order valence-electron chi connectivity index (χ0n) is 11.0. The van der Waals surface area contributed by atoms with Gasteiger partial charge in [0.15, 0.2) is 0 Å². The second-order valence-corrected chi connectivity index (χ2v) is 6.73. The summed E-state index contributed by atoms with van der Waals surface area (Å²) in [7, 11) is 0. The van der Waals surface area contributed by atoms with Crippen LogP contribution < -0.4 is 5.32 Å².